The average molecular weight is 250 g/mol. The van der Waals surface area contributed by atoms with Crippen molar-refractivity contribution in [1.82, 2.24) is 20.3 Å². The van der Waals surface area contributed by atoms with Crippen molar-refractivity contribution < 1.29 is 9.50 Å². The van der Waals surface area contributed by atoms with Crippen LogP contribution in [0.25, 0.3) is 0 Å². The number of rotatable bonds is 5. The number of aliphatic hydroxyl groups excluding tert-OH is 1. The molecule has 1 unspecified atom stereocenters. The lowest BCUT2D eigenvalue weighted by atomic mass is 10.1. The van der Waals surface area contributed by atoms with Crippen LogP contribution >= 0.6 is 0 Å². The number of aryl methyl sites for hydroxylation is 1. The van der Waals surface area contributed by atoms with Crippen LogP contribution in [0.2, 0.25) is 0 Å². The summed E-state index contributed by atoms with van der Waals surface area (Å²) in [4.78, 5) is 0. The van der Waals surface area contributed by atoms with Crippen molar-refractivity contribution in [2.45, 2.75) is 12.6 Å². The summed E-state index contributed by atoms with van der Waals surface area (Å²) < 4.78 is 15.0. The highest BCUT2D eigenvalue weighted by molar-refractivity contribution is 5.19. The van der Waals surface area contributed by atoms with Crippen LogP contribution in [0.15, 0.2) is 30.5 Å². The molecule has 2 rings (SSSR count). The van der Waals surface area contributed by atoms with E-state index in [0.29, 0.717) is 12.1 Å². The smallest absolute Gasteiger partial charge is 0.129 e. The highest BCUT2D eigenvalue weighted by Gasteiger charge is 2.11. The largest absolute Gasteiger partial charge is 0.387 e. The molecule has 1 atom stereocenters. The van der Waals surface area contributed by atoms with Crippen LogP contribution in [0.5, 0.6) is 0 Å². The Labute approximate surface area is 104 Å². The van der Waals surface area contributed by atoms with Gasteiger partial charge in [0.2, 0.25) is 0 Å². The topological polar surface area (TPSA) is 63.0 Å². The highest BCUT2D eigenvalue weighted by Crippen LogP contribution is 2.15. The van der Waals surface area contributed by atoms with Gasteiger partial charge in [0.15, 0.2) is 0 Å². The molecule has 96 valence electrons. The third-order valence-electron chi connectivity index (χ3n) is 2.72. The Morgan fingerprint density at radius 1 is 1.44 bits per heavy atom. The van der Waals surface area contributed by atoms with Gasteiger partial charge in [0, 0.05) is 25.7 Å². The lowest BCUT2D eigenvalue weighted by Crippen LogP contribution is -2.22. The molecule has 2 aromatic rings. The third-order valence-corrected chi connectivity index (χ3v) is 2.72. The molecule has 1 heterocycles. The van der Waals surface area contributed by atoms with E-state index in [0.717, 1.165) is 5.69 Å². The van der Waals surface area contributed by atoms with Crippen molar-refractivity contribution in [3.8, 4) is 0 Å². The molecule has 0 radical (unpaired) electrons. The van der Waals surface area contributed by atoms with Crippen LogP contribution < -0.4 is 5.32 Å². The molecule has 1 aromatic carbocycles. The molecular formula is C12H15FN4O. The molecule has 1 aromatic heterocycles. The highest BCUT2D eigenvalue weighted by atomic mass is 19.1. The van der Waals surface area contributed by atoms with Gasteiger partial charge in [-0.2, -0.15) is 0 Å². The van der Waals surface area contributed by atoms with Crippen molar-refractivity contribution >= 4 is 0 Å². The molecular weight excluding hydrogens is 235 g/mol. The molecule has 0 spiro atoms. The van der Waals surface area contributed by atoms with Crippen molar-refractivity contribution in [1.29, 1.82) is 0 Å². The number of aliphatic hydroxyl groups is 1. The molecule has 5 nitrogen and oxygen atoms in total. The fourth-order valence-corrected chi connectivity index (χ4v) is 1.66. The molecule has 2 N–H and O–H groups in total. The molecule has 0 bridgehead atoms. The Morgan fingerprint density at radius 2 is 2.22 bits per heavy atom. The van der Waals surface area contributed by atoms with E-state index >= 15 is 0 Å². The minimum atomic E-state index is -0.868. The second-order valence-corrected chi connectivity index (χ2v) is 4.02. The van der Waals surface area contributed by atoms with Crippen LogP contribution in [0.4, 0.5) is 4.39 Å². The summed E-state index contributed by atoms with van der Waals surface area (Å²) in [7, 11) is 1.79. The monoisotopic (exact) mass is 250 g/mol. The van der Waals surface area contributed by atoms with E-state index in [-0.39, 0.29) is 6.54 Å². The first-order valence-electron chi connectivity index (χ1n) is 5.65. The summed E-state index contributed by atoms with van der Waals surface area (Å²) in [5, 5.41) is 20.4. The number of hydrogen-bond donors (Lipinski definition) is 2. The second kappa shape index (κ2) is 5.70. The zero-order chi connectivity index (χ0) is 13.0. The molecule has 0 saturated heterocycles. The Kier molecular flexibility index (Phi) is 4.01. The second-order valence-electron chi connectivity index (χ2n) is 4.02. The zero-order valence-corrected chi connectivity index (χ0v) is 10.0. The Bertz CT molecular complexity index is 514. The SMILES string of the molecule is Cn1nncc1CNCC(O)c1ccccc1F. The number of aromatic nitrogens is 3. The first-order chi connectivity index (χ1) is 8.68. The standard InChI is InChI=1S/C12H15FN4O/c1-17-9(7-15-16-17)6-14-8-12(18)10-4-2-3-5-11(10)13/h2-5,7,12,14,18H,6,8H2,1H3. The minimum absolute atomic E-state index is 0.270. The van der Waals surface area contributed by atoms with Gasteiger partial charge in [-0.1, -0.05) is 23.4 Å². The van der Waals surface area contributed by atoms with E-state index in [9.17, 15) is 9.50 Å². The summed E-state index contributed by atoms with van der Waals surface area (Å²) in [5.74, 6) is -0.394. The quantitative estimate of drug-likeness (QED) is 0.823. The van der Waals surface area contributed by atoms with Crippen LogP contribution in [-0.4, -0.2) is 26.6 Å². The van der Waals surface area contributed by atoms with Crippen LogP contribution in [0.1, 0.15) is 17.4 Å². The van der Waals surface area contributed by atoms with Gasteiger partial charge in [0.1, 0.15) is 5.82 Å². The fourth-order valence-electron chi connectivity index (χ4n) is 1.66. The Balaban J connectivity index is 1.87. The predicted molar refractivity (Wildman–Crippen MR) is 64.1 cm³/mol. The number of benzene rings is 1. The first-order valence-corrected chi connectivity index (χ1v) is 5.65. The number of halogens is 1. The van der Waals surface area contributed by atoms with Gasteiger partial charge >= 0.3 is 0 Å². The van der Waals surface area contributed by atoms with E-state index in [1.807, 2.05) is 0 Å². The first kappa shape index (κ1) is 12.7. The van der Waals surface area contributed by atoms with Gasteiger partial charge in [0.25, 0.3) is 0 Å². The maximum atomic E-state index is 13.4. The van der Waals surface area contributed by atoms with E-state index in [1.54, 1.807) is 36.1 Å². The average Bonchev–Trinajstić information content (AvgIpc) is 2.75. The normalized spacial score (nSPS) is 12.6. The lowest BCUT2D eigenvalue weighted by molar-refractivity contribution is 0.169. The Hall–Kier alpha value is -1.79. The fraction of sp³-hybridized carbons (Fsp3) is 0.333. The van der Waals surface area contributed by atoms with Crippen molar-refractivity contribution in [2.75, 3.05) is 6.54 Å². The van der Waals surface area contributed by atoms with Crippen molar-refractivity contribution in [3.05, 3.63) is 47.5 Å². The molecule has 18 heavy (non-hydrogen) atoms. The molecule has 0 saturated carbocycles. The summed E-state index contributed by atoms with van der Waals surface area (Å²) in [6.07, 6.45) is 0.773. The van der Waals surface area contributed by atoms with Crippen LogP contribution in [0.3, 0.4) is 0 Å². The van der Waals surface area contributed by atoms with Gasteiger partial charge < -0.3 is 10.4 Å². The lowest BCUT2D eigenvalue weighted by Gasteiger charge is -2.12. The maximum absolute atomic E-state index is 13.4. The zero-order valence-electron chi connectivity index (χ0n) is 10.0. The van der Waals surface area contributed by atoms with E-state index in [2.05, 4.69) is 15.6 Å². The van der Waals surface area contributed by atoms with Crippen molar-refractivity contribution in [2.24, 2.45) is 7.05 Å². The summed E-state index contributed by atoms with van der Waals surface area (Å²) >= 11 is 0. The van der Waals surface area contributed by atoms with Gasteiger partial charge in [-0.25, -0.2) is 4.39 Å². The maximum Gasteiger partial charge on any atom is 0.129 e. The molecule has 0 aliphatic carbocycles. The molecule has 6 heteroatoms. The number of hydrogen-bond acceptors (Lipinski definition) is 4. The third kappa shape index (κ3) is 2.91. The van der Waals surface area contributed by atoms with Crippen molar-refractivity contribution in [3.63, 3.8) is 0 Å². The number of nitrogens with zero attached hydrogens (tertiary/aromatic N) is 3. The van der Waals surface area contributed by atoms with E-state index in [4.69, 9.17) is 0 Å². The van der Waals surface area contributed by atoms with Gasteiger partial charge in [-0.3, -0.25) is 4.68 Å². The molecule has 0 fully saturated rings. The molecule has 0 aliphatic heterocycles. The predicted octanol–water partition coefficient (Wildman–Crippen LogP) is 0.777. The van der Waals surface area contributed by atoms with E-state index in [1.165, 1.54) is 6.07 Å². The van der Waals surface area contributed by atoms with Crippen LogP contribution in [-0.2, 0) is 13.6 Å². The summed E-state index contributed by atoms with van der Waals surface area (Å²) in [6.45, 7) is 0.793. The number of nitrogens with one attached hydrogen (secondary N) is 1. The molecule has 0 amide bonds. The summed E-state index contributed by atoms with van der Waals surface area (Å²) in [6, 6.07) is 6.21. The van der Waals surface area contributed by atoms with E-state index < -0.39 is 11.9 Å². The Morgan fingerprint density at radius 3 is 2.89 bits per heavy atom. The summed E-state index contributed by atoms with van der Waals surface area (Å²) in [5.41, 5.74) is 1.20. The van der Waals surface area contributed by atoms with Gasteiger partial charge in [-0.15, -0.1) is 5.10 Å². The molecule has 0 aliphatic rings. The van der Waals surface area contributed by atoms with Crippen LogP contribution in [0, 0.1) is 5.82 Å². The minimum Gasteiger partial charge on any atom is -0.387 e. The van der Waals surface area contributed by atoms with Gasteiger partial charge in [-0.05, 0) is 6.07 Å². The van der Waals surface area contributed by atoms with Gasteiger partial charge in [0.05, 0.1) is 18.0 Å².